The predicted octanol–water partition coefficient (Wildman–Crippen LogP) is 2.68. The maximum absolute atomic E-state index is 11.5. The quantitative estimate of drug-likeness (QED) is 0.828. The van der Waals surface area contributed by atoms with E-state index in [0.717, 1.165) is 12.8 Å². The number of rotatable bonds is 4. The summed E-state index contributed by atoms with van der Waals surface area (Å²) in [6.07, 6.45) is 2.01. The van der Waals surface area contributed by atoms with Gasteiger partial charge in [0, 0.05) is 12.1 Å². The summed E-state index contributed by atoms with van der Waals surface area (Å²) in [4.78, 5) is 11.5. The molecule has 0 saturated carbocycles. The molecule has 0 aliphatic heterocycles. The van der Waals surface area contributed by atoms with E-state index in [-0.39, 0.29) is 11.7 Å². The Morgan fingerprint density at radius 1 is 1.53 bits per heavy atom. The summed E-state index contributed by atoms with van der Waals surface area (Å²) >= 11 is 3.16. The monoisotopic (exact) mass is 271 g/mol. The maximum atomic E-state index is 11.5. The average molecular weight is 272 g/mol. The number of benzene rings is 1. The normalized spacial score (nSPS) is 10.0. The summed E-state index contributed by atoms with van der Waals surface area (Å²) in [5.74, 6) is -0.0654. The Morgan fingerprint density at radius 3 is 2.87 bits per heavy atom. The number of hydrogen-bond acceptors (Lipinski definition) is 2. The number of phenolic OH excluding ortho intramolecular Hbond substituents is 1. The SMILES string of the molecule is CCCCNC(=O)c1ccc(Br)c(O)c1. The molecule has 4 heteroatoms. The van der Waals surface area contributed by atoms with E-state index in [9.17, 15) is 9.90 Å². The fraction of sp³-hybridized carbons (Fsp3) is 0.364. The molecule has 82 valence electrons. The number of unbranched alkanes of at least 4 members (excludes halogenated alkanes) is 1. The summed E-state index contributed by atoms with van der Waals surface area (Å²) in [6, 6.07) is 4.78. The van der Waals surface area contributed by atoms with Crippen LogP contribution in [0.3, 0.4) is 0 Å². The molecule has 1 aromatic rings. The minimum Gasteiger partial charge on any atom is -0.507 e. The Bertz CT molecular complexity index is 352. The topological polar surface area (TPSA) is 49.3 Å². The average Bonchev–Trinajstić information content (AvgIpc) is 2.22. The molecule has 0 aliphatic carbocycles. The molecule has 0 aromatic heterocycles. The first-order valence-corrected chi connectivity index (χ1v) is 5.71. The molecule has 0 fully saturated rings. The van der Waals surface area contributed by atoms with Crippen LogP contribution in [0.4, 0.5) is 0 Å². The number of amides is 1. The van der Waals surface area contributed by atoms with Gasteiger partial charge in [-0.05, 0) is 40.5 Å². The third kappa shape index (κ3) is 3.55. The van der Waals surface area contributed by atoms with E-state index >= 15 is 0 Å². The van der Waals surface area contributed by atoms with Crippen LogP contribution in [-0.4, -0.2) is 17.6 Å². The van der Waals surface area contributed by atoms with Crippen LogP contribution < -0.4 is 5.32 Å². The number of carbonyl (C=O) groups is 1. The van der Waals surface area contributed by atoms with Gasteiger partial charge in [0.15, 0.2) is 0 Å². The van der Waals surface area contributed by atoms with Gasteiger partial charge < -0.3 is 10.4 Å². The lowest BCUT2D eigenvalue weighted by Gasteiger charge is -2.05. The van der Waals surface area contributed by atoms with Crippen molar-refractivity contribution in [1.29, 1.82) is 0 Å². The number of aromatic hydroxyl groups is 1. The molecule has 1 amide bonds. The van der Waals surface area contributed by atoms with Gasteiger partial charge in [-0.3, -0.25) is 4.79 Å². The minimum atomic E-state index is -0.147. The molecular weight excluding hydrogens is 258 g/mol. The van der Waals surface area contributed by atoms with Crippen molar-refractivity contribution in [2.24, 2.45) is 0 Å². The summed E-state index contributed by atoms with van der Waals surface area (Å²) in [5, 5.41) is 12.2. The minimum absolute atomic E-state index is 0.0816. The largest absolute Gasteiger partial charge is 0.507 e. The number of hydrogen-bond donors (Lipinski definition) is 2. The molecule has 2 N–H and O–H groups in total. The van der Waals surface area contributed by atoms with Crippen LogP contribution in [0.1, 0.15) is 30.1 Å². The van der Waals surface area contributed by atoms with E-state index in [4.69, 9.17) is 0 Å². The second-order valence-electron chi connectivity index (χ2n) is 3.28. The lowest BCUT2D eigenvalue weighted by atomic mass is 10.2. The maximum Gasteiger partial charge on any atom is 0.251 e. The standard InChI is InChI=1S/C11H14BrNO2/c1-2-3-6-13-11(15)8-4-5-9(12)10(14)7-8/h4-5,7,14H,2-3,6H2,1H3,(H,13,15). The van der Waals surface area contributed by atoms with Crippen LogP contribution in [-0.2, 0) is 0 Å². The van der Waals surface area contributed by atoms with Crippen LogP contribution in [0.15, 0.2) is 22.7 Å². The van der Waals surface area contributed by atoms with E-state index in [1.807, 2.05) is 0 Å². The predicted molar refractivity (Wildman–Crippen MR) is 63.0 cm³/mol. The molecule has 1 rings (SSSR count). The lowest BCUT2D eigenvalue weighted by Crippen LogP contribution is -2.24. The van der Waals surface area contributed by atoms with Crippen LogP contribution >= 0.6 is 15.9 Å². The van der Waals surface area contributed by atoms with Gasteiger partial charge in [-0.2, -0.15) is 0 Å². The van der Waals surface area contributed by atoms with Crippen molar-refractivity contribution in [2.45, 2.75) is 19.8 Å². The highest BCUT2D eigenvalue weighted by Gasteiger charge is 2.06. The Labute approximate surface area is 97.6 Å². The van der Waals surface area contributed by atoms with E-state index in [1.165, 1.54) is 6.07 Å². The van der Waals surface area contributed by atoms with Gasteiger partial charge in [0.05, 0.1) is 4.47 Å². The fourth-order valence-corrected chi connectivity index (χ4v) is 1.38. The Kier molecular flexibility index (Phi) is 4.62. The van der Waals surface area contributed by atoms with E-state index in [0.29, 0.717) is 16.6 Å². The van der Waals surface area contributed by atoms with Crippen molar-refractivity contribution in [3.05, 3.63) is 28.2 Å². The molecule has 0 heterocycles. The van der Waals surface area contributed by atoms with Crippen LogP contribution in [0.5, 0.6) is 5.75 Å². The Hall–Kier alpha value is -1.03. The van der Waals surface area contributed by atoms with Crippen molar-refractivity contribution in [3.63, 3.8) is 0 Å². The first-order chi connectivity index (χ1) is 7.15. The van der Waals surface area contributed by atoms with Crippen molar-refractivity contribution in [1.82, 2.24) is 5.32 Å². The van der Waals surface area contributed by atoms with E-state index < -0.39 is 0 Å². The molecule has 0 aliphatic rings. The van der Waals surface area contributed by atoms with Gasteiger partial charge in [0.2, 0.25) is 0 Å². The highest BCUT2D eigenvalue weighted by atomic mass is 79.9. The van der Waals surface area contributed by atoms with Gasteiger partial charge in [-0.15, -0.1) is 0 Å². The molecule has 0 atom stereocenters. The lowest BCUT2D eigenvalue weighted by molar-refractivity contribution is 0.0952. The van der Waals surface area contributed by atoms with Gasteiger partial charge >= 0.3 is 0 Å². The van der Waals surface area contributed by atoms with Gasteiger partial charge in [-0.25, -0.2) is 0 Å². The number of nitrogens with one attached hydrogen (secondary N) is 1. The molecular formula is C11H14BrNO2. The summed E-state index contributed by atoms with van der Waals surface area (Å²) in [6.45, 7) is 2.74. The van der Waals surface area contributed by atoms with Gasteiger partial charge in [0.1, 0.15) is 5.75 Å². The third-order valence-electron chi connectivity index (χ3n) is 2.02. The van der Waals surface area contributed by atoms with Crippen molar-refractivity contribution < 1.29 is 9.90 Å². The Balaban J connectivity index is 2.62. The van der Waals surface area contributed by atoms with Gasteiger partial charge in [0.25, 0.3) is 5.91 Å². The van der Waals surface area contributed by atoms with Crippen molar-refractivity contribution >= 4 is 21.8 Å². The van der Waals surface area contributed by atoms with Crippen LogP contribution in [0, 0.1) is 0 Å². The first-order valence-electron chi connectivity index (χ1n) is 4.92. The van der Waals surface area contributed by atoms with Crippen LogP contribution in [0.2, 0.25) is 0 Å². The molecule has 0 saturated heterocycles. The summed E-state index contributed by atoms with van der Waals surface area (Å²) < 4.78 is 0.590. The highest BCUT2D eigenvalue weighted by Crippen LogP contribution is 2.24. The van der Waals surface area contributed by atoms with Crippen molar-refractivity contribution in [2.75, 3.05) is 6.54 Å². The molecule has 15 heavy (non-hydrogen) atoms. The second-order valence-corrected chi connectivity index (χ2v) is 4.13. The van der Waals surface area contributed by atoms with Crippen molar-refractivity contribution in [3.8, 4) is 5.75 Å². The highest BCUT2D eigenvalue weighted by molar-refractivity contribution is 9.10. The zero-order valence-corrected chi connectivity index (χ0v) is 10.2. The Morgan fingerprint density at radius 2 is 2.27 bits per heavy atom. The zero-order chi connectivity index (χ0) is 11.3. The van der Waals surface area contributed by atoms with Gasteiger partial charge in [-0.1, -0.05) is 13.3 Å². The molecule has 3 nitrogen and oxygen atoms in total. The summed E-state index contributed by atoms with van der Waals surface area (Å²) in [5.41, 5.74) is 0.479. The first kappa shape index (κ1) is 12.0. The van der Waals surface area contributed by atoms with E-state index in [2.05, 4.69) is 28.2 Å². The second kappa shape index (κ2) is 5.75. The number of phenols is 1. The molecule has 0 unspecified atom stereocenters. The van der Waals surface area contributed by atoms with Crippen LogP contribution in [0.25, 0.3) is 0 Å². The smallest absolute Gasteiger partial charge is 0.251 e. The molecule has 0 spiro atoms. The number of carbonyl (C=O) groups excluding carboxylic acids is 1. The zero-order valence-electron chi connectivity index (χ0n) is 8.59. The summed E-state index contributed by atoms with van der Waals surface area (Å²) in [7, 11) is 0. The molecule has 0 radical (unpaired) electrons. The molecule has 0 bridgehead atoms. The molecule has 1 aromatic carbocycles. The fourth-order valence-electron chi connectivity index (χ4n) is 1.13. The number of halogens is 1. The third-order valence-corrected chi connectivity index (χ3v) is 2.69. The van der Waals surface area contributed by atoms with E-state index in [1.54, 1.807) is 12.1 Å².